The van der Waals surface area contributed by atoms with E-state index in [0.717, 1.165) is 25.7 Å². The first kappa shape index (κ1) is 24.9. The van der Waals surface area contributed by atoms with Crippen molar-refractivity contribution < 1.29 is 43.3 Å². The SMILES string of the molecule is O=P(O)(O)CP(=O)(O)OC[C@H]1OC[C@@](O)(c2cnc3c(NC4CCCC4)nc(Cl)nn23)[C@@H]1O. The number of nitrogens with one attached hydrogen (secondary N) is 1. The van der Waals surface area contributed by atoms with Crippen LogP contribution in [-0.4, -0.2) is 81.8 Å². The Hall–Kier alpha value is -1.18. The average Bonchev–Trinajstić information content (AvgIpc) is 3.40. The van der Waals surface area contributed by atoms with Crippen molar-refractivity contribution in [3.8, 4) is 0 Å². The van der Waals surface area contributed by atoms with Gasteiger partial charge in [0.05, 0.1) is 25.1 Å². The van der Waals surface area contributed by atoms with E-state index in [0.29, 0.717) is 5.82 Å². The van der Waals surface area contributed by atoms with E-state index in [1.807, 2.05) is 0 Å². The number of ether oxygens (including phenoxy) is 1. The van der Waals surface area contributed by atoms with Gasteiger partial charge in [-0.25, -0.2) is 9.50 Å². The van der Waals surface area contributed by atoms with E-state index in [-0.39, 0.29) is 22.7 Å². The van der Waals surface area contributed by atoms with Crippen molar-refractivity contribution in [2.75, 3.05) is 24.4 Å². The minimum Gasteiger partial charge on any atom is -0.387 e. The molecule has 3 heterocycles. The molecule has 1 unspecified atom stereocenters. The number of hydrogen-bond acceptors (Lipinski definition) is 10. The molecule has 0 aromatic carbocycles. The zero-order valence-electron chi connectivity index (χ0n) is 17.2. The van der Waals surface area contributed by atoms with E-state index in [1.165, 1.54) is 10.7 Å². The van der Waals surface area contributed by atoms with Gasteiger partial charge in [-0.1, -0.05) is 12.8 Å². The fraction of sp³-hybridized carbons (Fsp3) is 0.688. The fourth-order valence-corrected chi connectivity index (χ4v) is 6.79. The number of anilines is 1. The summed E-state index contributed by atoms with van der Waals surface area (Å²) in [6, 6.07) is 0.201. The van der Waals surface area contributed by atoms with Crippen LogP contribution in [-0.2, 0) is 24.0 Å². The van der Waals surface area contributed by atoms with Crippen LogP contribution >= 0.6 is 26.8 Å². The molecule has 6 N–H and O–H groups in total. The van der Waals surface area contributed by atoms with Gasteiger partial charge in [0.1, 0.15) is 12.2 Å². The van der Waals surface area contributed by atoms with E-state index >= 15 is 0 Å². The molecule has 0 bridgehead atoms. The van der Waals surface area contributed by atoms with E-state index in [4.69, 9.17) is 30.6 Å². The summed E-state index contributed by atoms with van der Waals surface area (Å²) >= 11 is 6.08. The molecule has 0 spiro atoms. The largest absolute Gasteiger partial charge is 0.387 e. The molecule has 4 rings (SSSR count). The summed E-state index contributed by atoms with van der Waals surface area (Å²) in [6.45, 7) is -1.13. The number of nitrogens with zero attached hydrogens (tertiary/aromatic N) is 4. The first-order chi connectivity index (χ1) is 15.4. The zero-order valence-corrected chi connectivity index (χ0v) is 19.7. The highest BCUT2D eigenvalue weighted by Crippen LogP contribution is 2.55. The maximum Gasteiger partial charge on any atom is 0.340 e. The number of imidazole rings is 1. The predicted octanol–water partition coefficient (Wildman–Crippen LogP) is 0.417. The number of rotatable bonds is 8. The number of aliphatic hydroxyl groups is 2. The van der Waals surface area contributed by atoms with Crippen LogP contribution in [0.4, 0.5) is 5.82 Å². The average molecular weight is 528 g/mol. The third kappa shape index (κ3) is 5.40. The van der Waals surface area contributed by atoms with Gasteiger partial charge in [0.25, 0.3) is 0 Å². The molecule has 1 saturated heterocycles. The molecule has 2 aromatic rings. The van der Waals surface area contributed by atoms with Crippen molar-refractivity contribution in [2.24, 2.45) is 0 Å². The quantitative estimate of drug-likeness (QED) is 0.257. The molecule has 33 heavy (non-hydrogen) atoms. The van der Waals surface area contributed by atoms with Crippen molar-refractivity contribution >= 4 is 38.3 Å². The molecule has 1 aliphatic heterocycles. The number of halogens is 1. The van der Waals surface area contributed by atoms with Gasteiger partial charge in [0.2, 0.25) is 5.28 Å². The Balaban J connectivity index is 1.55. The van der Waals surface area contributed by atoms with Gasteiger partial charge in [0, 0.05) is 6.04 Å². The Morgan fingerprint density at radius 1 is 1.30 bits per heavy atom. The highest BCUT2D eigenvalue weighted by molar-refractivity contribution is 7.70. The molecule has 14 nitrogen and oxygen atoms in total. The molecule has 1 aliphatic carbocycles. The highest BCUT2D eigenvalue weighted by atomic mass is 35.5. The van der Waals surface area contributed by atoms with Crippen LogP contribution in [0.2, 0.25) is 5.28 Å². The lowest BCUT2D eigenvalue weighted by Crippen LogP contribution is -2.43. The summed E-state index contributed by atoms with van der Waals surface area (Å²) in [7, 11) is -9.47. The van der Waals surface area contributed by atoms with Gasteiger partial charge >= 0.3 is 15.2 Å². The third-order valence-electron chi connectivity index (χ3n) is 5.64. The fourth-order valence-electron chi connectivity index (χ4n) is 4.06. The van der Waals surface area contributed by atoms with Gasteiger partial charge < -0.3 is 39.5 Å². The predicted molar refractivity (Wildman–Crippen MR) is 114 cm³/mol. The third-order valence-corrected chi connectivity index (χ3v) is 9.25. The van der Waals surface area contributed by atoms with Gasteiger partial charge in [-0.15, -0.1) is 5.10 Å². The molecule has 2 aromatic heterocycles. The Morgan fingerprint density at radius 2 is 2.00 bits per heavy atom. The first-order valence-corrected chi connectivity index (χ1v) is 14.0. The standard InChI is InChI=1S/C16H24ClN5O9P2/c17-15-20-13(19-9-3-1-2-4-9)14-18-5-11(22(14)21-15)16(24)7-30-10(12(16)23)6-31-33(28,29)8-32(25,26)27/h5,9-10,12,23-24H,1-4,6-8H2,(H,28,29)(H,19,20,21)(H2,25,26,27)/t10-,12-,16-/m1/s1. The van der Waals surface area contributed by atoms with E-state index < -0.39 is 52.1 Å². The summed E-state index contributed by atoms with van der Waals surface area (Å²) in [5.74, 6) is -1.00. The van der Waals surface area contributed by atoms with E-state index in [9.17, 15) is 24.2 Å². The lowest BCUT2D eigenvalue weighted by molar-refractivity contribution is -0.0624. The first-order valence-electron chi connectivity index (χ1n) is 10.1. The Bertz CT molecular complexity index is 1120. The van der Waals surface area contributed by atoms with Crippen molar-refractivity contribution in [2.45, 2.75) is 49.5 Å². The topological polar surface area (TPSA) is 209 Å². The lowest BCUT2D eigenvalue weighted by Gasteiger charge is -2.26. The molecule has 0 radical (unpaired) electrons. The van der Waals surface area contributed by atoms with E-state index in [2.05, 4.69) is 20.4 Å². The summed E-state index contributed by atoms with van der Waals surface area (Å²) in [6.07, 6.45) is 2.49. The van der Waals surface area contributed by atoms with Crippen molar-refractivity contribution in [3.63, 3.8) is 0 Å². The molecule has 17 heteroatoms. The highest BCUT2D eigenvalue weighted by Gasteiger charge is 2.52. The van der Waals surface area contributed by atoms with Crippen molar-refractivity contribution in [1.29, 1.82) is 0 Å². The van der Waals surface area contributed by atoms with Gasteiger partial charge in [-0.05, 0) is 24.4 Å². The van der Waals surface area contributed by atoms with Gasteiger partial charge in [-0.3, -0.25) is 9.13 Å². The number of aliphatic hydroxyl groups excluding tert-OH is 1. The van der Waals surface area contributed by atoms with Crippen LogP contribution in [0.25, 0.3) is 5.65 Å². The van der Waals surface area contributed by atoms with Crippen LogP contribution in [0.15, 0.2) is 6.20 Å². The maximum atomic E-state index is 11.9. The van der Waals surface area contributed by atoms with Crippen molar-refractivity contribution in [1.82, 2.24) is 19.6 Å². The summed E-state index contributed by atoms with van der Waals surface area (Å²) in [5, 5.41) is 29.2. The second-order valence-corrected chi connectivity index (χ2v) is 12.5. The zero-order chi connectivity index (χ0) is 24.0. The molecule has 2 fully saturated rings. The van der Waals surface area contributed by atoms with E-state index in [1.54, 1.807) is 0 Å². The molecule has 1 saturated carbocycles. The Kier molecular flexibility index (Phi) is 6.89. The number of fused-ring (bicyclic) bond motifs is 1. The minimum absolute atomic E-state index is 0.0497. The van der Waals surface area contributed by atoms with Crippen LogP contribution in [0.5, 0.6) is 0 Å². The molecular formula is C16H24ClN5O9P2. The summed E-state index contributed by atoms with van der Waals surface area (Å²) in [5.41, 5.74) is -1.70. The molecule has 184 valence electrons. The monoisotopic (exact) mass is 527 g/mol. The van der Waals surface area contributed by atoms with Crippen LogP contribution in [0.3, 0.4) is 0 Å². The normalized spacial score (nSPS) is 28.4. The van der Waals surface area contributed by atoms with Gasteiger partial charge in [-0.2, -0.15) is 4.98 Å². The van der Waals surface area contributed by atoms with Crippen molar-refractivity contribution in [3.05, 3.63) is 17.2 Å². The lowest BCUT2D eigenvalue weighted by atomic mass is 9.93. The molecule has 2 aliphatic rings. The number of hydrogen-bond donors (Lipinski definition) is 6. The summed E-state index contributed by atoms with van der Waals surface area (Å²) in [4.78, 5) is 35.8. The van der Waals surface area contributed by atoms with Gasteiger partial charge in [0.15, 0.2) is 23.0 Å². The Morgan fingerprint density at radius 3 is 2.67 bits per heavy atom. The molecular weight excluding hydrogens is 504 g/mol. The number of aromatic nitrogens is 4. The van der Waals surface area contributed by atoms with Crippen LogP contribution in [0, 0.1) is 0 Å². The molecule has 0 amide bonds. The van der Waals surface area contributed by atoms with Crippen LogP contribution < -0.4 is 5.32 Å². The minimum atomic E-state index is -4.81. The molecule has 4 atom stereocenters. The van der Waals surface area contributed by atoms with Crippen LogP contribution in [0.1, 0.15) is 31.4 Å². The second kappa shape index (κ2) is 9.12. The smallest absolute Gasteiger partial charge is 0.340 e. The maximum absolute atomic E-state index is 11.9. The second-order valence-electron chi connectivity index (χ2n) is 8.19. The Labute approximate surface area is 192 Å². The summed E-state index contributed by atoms with van der Waals surface area (Å²) < 4.78 is 34.2.